The number of carbonyl (C=O) groups excluding carboxylic acids is 2. The van der Waals surface area contributed by atoms with E-state index in [1.807, 2.05) is 13.8 Å². The maximum Gasteiger partial charge on any atom is 0.305 e. The van der Waals surface area contributed by atoms with Gasteiger partial charge in [-0.1, -0.05) is 39.3 Å². The molecule has 3 fully saturated rings. The summed E-state index contributed by atoms with van der Waals surface area (Å²) in [6.07, 6.45) is 12.4. The quantitative estimate of drug-likeness (QED) is 0.454. The highest BCUT2D eigenvalue weighted by atomic mass is 16.5. The largest absolute Gasteiger partial charge is 0.462 e. The first-order chi connectivity index (χ1) is 13.8. The van der Waals surface area contributed by atoms with Crippen molar-refractivity contribution < 1.29 is 19.1 Å². The molecule has 0 bridgehead atoms. The summed E-state index contributed by atoms with van der Waals surface area (Å²) < 4.78 is 11.6. The van der Waals surface area contributed by atoms with Crippen LogP contribution in [0.4, 0.5) is 0 Å². The van der Waals surface area contributed by atoms with Gasteiger partial charge >= 0.3 is 11.9 Å². The van der Waals surface area contributed by atoms with Crippen LogP contribution in [-0.2, 0) is 19.1 Å². The van der Waals surface area contributed by atoms with Gasteiger partial charge in [-0.25, -0.2) is 0 Å². The smallest absolute Gasteiger partial charge is 0.305 e. The summed E-state index contributed by atoms with van der Waals surface area (Å²) in [5, 5.41) is 0. The molecule has 7 atom stereocenters. The van der Waals surface area contributed by atoms with Gasteiger partial charge in [-0.3, -0.25) is 9.59 Å². The highest BCUT2D eigenvalue weighted by Crippen LogP contribution is 2.65. The number of esters is 2. The van der Waals surface area contributed by atoms with Crippen molar-refractivity contribution in [1.82, 2.24) is 0 Å². The van der Waals surface area contributed by atoms with Gasteiger partial charge in [0.05, 0.1) is 0 Å². The zero-order chi connectivity index (χ0) is 20.8. The zero-order valence-electron chi connectivity index (χ0n) is 18.7. The predicted molar refractivity (Wildman–Crippen MR) is 112 cm³/mol. The maximum absolute atomic E-state index is 12.0. The SMILES string of the molecule is CCC(=O)O[C@@H]1CC[C@]2(C)C(=CC[C@H]3[C@H]4CC[C@H](OC(=O)CC)[C@@]4(C)CC[C@H]32)C1. The Morgan fingerprint density at radius 2 is 1.69 bits per heavy atom. The number of rotatable bonds is 4. The van der Waals surface area contributed by atoms with Crippen molar-refractivity contribution in [2.24, 2.45) is 28.6 Å². The van der Waals surface area contributed by atoms with Crippen LogP contribution >= 0.6 is 0 Å². The molecule has 0 aliphatic heterocycles. The lowest BCUT2D eigenvalue weighted by molar-refractivity contribution is -0.159. The van der Waals surface area contributed by atoms with Crippen LogP contribution < -0.4 is 0 Å². The summed E-state index contributed by atoms with van der Waals surface area (Å²) in [6, 6.07) is 0. The fourth-order valence-electron chi connectivity index (χ4n) is 7.38. The van der Waals surface area contributed by atoms with E-state index in [1.165, 1.54) is 18.4 Å². The number of hydrogen-bond donors (Lipinski definition) is 0. The standard InChI is InChI=1S/C25H38O4/c1-5-22(26)28-17-11-13-24(3)16(15-17)7-8-18-19-9-10-21(29-23(27)6-2)25(19,4)14-12-20(18)24/h7,17-21H,5-6,8-15H2,1-4H3/t17-,18+,19-,20-,21+,24-,25+/m1/s1. The van der Waals surface area contributed by atoms with E-state index in [2.05, 4.69) is 19.9 Å². The first-order valence-electron chi connectivity index (χ1n) is 11.9. The normalized spacial score (nSPS) is 43.4. The van der Waals surface area contributed by atoms with Gasteiger partial charge in [0, 0.05) is 24.7 Å². The average molecular weight is 403 g/mol. The number of hydrogen-bond acceptors (Lipinski definition) is 4. The first kappa shape index (κ1) is 20.9. The molecule has 0 spiro atoms. The highest BCUT2D eigenvalue weighted by Gasteiger charge is 2.59. The van der Waals surface area contributed by atoms with E-state index in [4.69, 9.17) is 9.47 Å². The van der Waals surface area contributed by atoms with Gasteiger partial charge in [-0.05, 0) is 68.1 Å². The number of ether oxygens (including phenoxy) is 2. The molecule has 4 rings (SSSR count). The molecule has 0 heterocycles. The average Bonchev–Trinajstić information content (AvgIpc) is 3.04. The molecular formula is C25H38O4. The van der Waals surface area contributed by atoms with Crippen LogP contribution in [0.2, 0.25) is 0 Å². The highest BCUT2D eigenvalue weighted by molar-refractivity contribution is 5.69. The minimum atomic E-state index is -0.0695. The van der Waals surface area contributed by atoms with E-state index >= 15 is 0 Å². The Morgan fingerprint density at radius 1 is 0.966 bits per heavy atom. The summed E-state index contributed by atoms with van der Waals surface area (Å²) in [4.78, 5) is 23.7. The van der Waals surface area contributed by atoms with Crippen LogP contribution in [0.15, 0.2) is 11.6 Å². The Labute approximate surface area is 175 Å². The molecule has 4 heteroatoms. The van der Waals surface area contributed by atoms with Gasteiger partial charge in [-0.2, -0.15) is 0 Å². The second-order valence-electron chi connectivity index (χ2n) is 10.4. The van der Waals surface area contributed by atoms with Crippen LogP contribution in [0.25, 0.3) is 0 Å². The van der Waals surface area contributed by atoms with E-state index in [0.717, 1.165) is 38.5 Å². The second kappa shape index (κ2) is 7.74. The predicted octanol–water partition coefficient (Wildman–Crippen LogP) is 5.59. The minimum absolute atomic E-state index is 0.0447. The Morgan fingerprint density at radius 3 is 2.41 bits per heavy atom. The fraction of sp³-hybridized carbons (Fsp3) is 0.840. The lowest BCUT2D eigenvalue weighted by Gasteiger charge is -2.57. The number of fused-ring (bicyclic) bond motifs is 5. The molecule has 0 amide bonds. The Kier molecular flexibility index (Phi) is 5.59. The van der Waals surface area contributed by atoms with Gasteiger partial charge in [0.2, 0.25) is 0 Å². The topological polar surface area (TPSA) is 52.6 Å². The van der Waals surface area contributed by atoms with Crippen molar-refractivity contribution in [3.8, 4) is 0 Å². The van der Waals surface area contributed by atoms with Crippen molar-refractivity contribution in [2.75, 3.05) is 0 Å². The Hall–Kier alpha value is -1.32. The molecule has 0 aromatic carbocycles. The van der Waals surface area contributed by atoms with E-state index in [1.54, 1.807) is 0 Å². The lowest BCUT2D eigenvalue weighted by Crippen LogP contribution is -2.51. The van der Waals surface area contributed by atoms with Crippen molar-refractivity contribution in [1.29, 1.82) is 0 Å². The van der Waals surface area contributed by atoms with Gasteiger partial charge in [0.1, 0.15) is 12.2 Å². The van der Waals surface area contributed by atoms with E-state index < -0.39 is 0 Å². The van der Waals surface area contributed by atoms with E-state index in [9.17, 15) is 9.59 Å². The third-order valence-electron chi connectivity index (χ3n) is 9.12. The van der Waals surface area contributed by atoms with Gasteiger partial charge < -0.3 is 9.47 Å². The molecule has 29 heavy (non-hydrogen) atoms. The van der Waals surface area contributed by atoms with Crippen molar-refractivity contribution in [2.45, 2.75) is 104 Å². The molecule has 3 saturated carbocycles. The number of carbonyl (C=O) groups is 2. The number of allylic oxidation sites excluding steroid dienone is 1. The molecule has 4 aliphatic carbocycles. The monoisotopic (exact) mass is 402 g/mol. The van der Waals surface area contributed by atoms with Crippen LogP contribution in [0.5, 0.6) is 0 Å². The van der Waals surface area contributed by atoms with Crippen LogP contribution in [-0.4, -0.2) is 24.1 Å². The van der Waals surface area contributed by atoms with Crippen molar-refractivity contribution in [3.63, 3.8) is 0 Å². The minimum Gasteiger partial charge on any atom is -0.462 e. The maximum atomic E-state index is 12.0. The molecule has 0 aromatic rings. The third-order valence-corrected chi connectivity index (χ3v) is 9.12. The van der Waals surface area contributed by atoms with Gasteiger partial charge in [0.15, 0.2) is 0 Å². The Bertz CT molecular complexity index is 697. The molecular weight excluding hydrogens is 364 g/mol. The molecule has 4 nitrogen and oxygen atoms in total. The van der Waals surface area contributed by atoms with Crippen molar-refractivity contribution in [3.05, 3.63) is 11.6 Å². The summed E-state index contributed by atoms with van der Waals surface area (Å²) in [5.41, 5.74) is 1.92. The molecule has 4 aliphatic rings. The Balaban J connectivity index is 1.51. The molecule has 0 unspecified atom stereocenters. The lowest BCUT2D eigenvalue weighted by atomic mass is 9.48. The second-order valence-corrected chi connectivity index (χ2v) is 10.4. The molecule has 0 N–H and O–H groups in total. The molecule has 0 aromatic heterocycles. The zero-order valence-corrected chi connectivity index (χ0v) is 18.7. The van der Waals surface area contributed by atoms with Crippen molar-refractivity contribution >= 4 is 11.9 Å². The van der Waals surface area contributed by atoms with Crippen LogP contribution in [0.1, 0.15) is 91.9 Å². The summed E-state index contributed by atoms with van der Waals surface area (Å²) in [6.45, 7) is 8.61. The fourth-order valence-corrected chi connectivity index (χ4v) is 7.38. The van der Waals surface area contributed by atoms with Gasteiger partial charge in [-0.15, -0.1) is 0 Å². The third kappa shape index (κ3) is 3.45. The molecule has 0 saturated heterocycles. The van der Waals surface area contributed by atoms with Gasteiger partial charge in [0.25, 0.3) is 0 Å². The summed E-state index contributed by atoms with van der Waals surface area (Å²) in [7, 11) is 0. The van der Waals surface area contributed by atoms with E-state index in [-0.39, 0.29) is 35.0 Å². The molecule has 0 radical (unpaired) electrons. The van der Waals surface area contributed by atoms with Crippen LogP contribution in [0.3, 0.4) is 0 Å². The van der Waals surface area contributed by atoms with Crippen LogP contribution in [0, 0.1) is 28.6 Å². The first-order valence-corrected chi connectivity index (χ1v) is 11.9. The summed E-state index contributed by atoms with van der Waals surface area (Å²) >= 11 is 0. The molecule has 162 valence electrons. The van der Waals surface area contributed by atoms with E-state index in [0.29, 0.717) is 30.6 Å². The summed E-state index contributed by atoms with van der Waals surface area (Å²) in [5.74, 6) is 1.95.